The van der Waals surface area contributed by atoms with Crippen molar-refractivity contribution in [3.05, 3.63) is 35.9 Å². The van der Waals surface area contributed by atoms with E-state index in [1.165, 1.54) is 37.7 Å². The molecule has 3 rings (SSSR count). The summed E-state index contributed by atoms with van der Waals surface area (Å²) in [6.45, 7) is 0.936. The Bertz CT molecular complexity index is 461. The van der Waals surface area contributed by atoms with Crippen LogP contribution in [0.1, 0.15) is 37.7 Å². The van der Waals surface area contributed by atoms with E-state index in [2.05, 4.69) is 29.7 Å². The number of thiol groups is 1. The molecule has 0 N–H and O–H groups in total. The summed E-state index contributed by atoms with van der Waals surface area (Å²) in [5.74, 6) is 0.999. The number of carbonyl (C=O) groups excluding carboxylic acids is 1. The number of likely N-dealkylation sites (tertiary alicyclic amines) is 1. The minimum atomic E-state index is -0.197. The van der Waals surface area contributed by atoms with Crippen molar-refractivity contribution in [2.45, 2.75) is 49.8 Å². The fourth-order valence-corrected chi connectivity index (χ4v) is 4.20. The average Bonchev–Trinajstić information content (AvgIpc) is 2.96. The fourth-order valence-electron chi connectivity index (χ4n) is 3.84. The molecule has 1 saturated heterocycles. The lowest BCUT2D eigenvalue weighted by Gasteiger charge is -2.39. The van der Waals surface area contributed by atoms with Gasteiger partial charge in [0.05, 0.1) is 5.25 Å². The maximum Gasteiger partial charge on any atom is 0.236 e. The van der Waals surface area contributed by atoms with Crippen molar-refractivity contribution >= 4 is 18.5 Å². The Balaban J connectivity index is 1.65. The van der Waals surface area contributed by atoms with Crippen LogP contribution >= 0.6 is 12.6 Å². The molecule has 0 aromatic heterocycles. The van der Waals surface area contributed by atoms with E-state index in [-0.39, 0.29) is 11.2 Å². The Hall–Kier alpha value is -0.960. The van der Waals surface area contributed by atoms with Gasteiger partial charge < -0.3 is 4.90 Å². The van der Waals surface area contributed by atoms with Crippen molar-refractivity contribution in [1.82, 2.24) is 4.90 Å². The lowest BCUT2D eigenvalue weighted by atomic mass is 9.91. The first-order chi connectivity index (χ1) is 9.75. The molecule has 108 valence electrons. The van der Waals surface area contributed by atoms with E-state index in [1.807, 2.05) is 18.2 Å². The predicted molar refractivity (Wildman–Crippen MR) is 85.0 cm³/mol. The number of fused-ring (bicyclic) bond motifs is 1. The minimum Gasteiger partial charge on any atom is -0.338 e. The topological polar surface area (TPSA) is 20.3 Å². The molecule has 0 bridgehead atoms. The third-order valence-electron chi connectivity index (χ3n) is 4.83. The molecule has 3 atom stereocenters. The molecule has 2 aliphatic rings. The third-order valence-corrected chi connectivity index (χ3v) is 5.24. The largest absolute Gasteiger partial charge is 0.338 e. The van der Waals surface area contributed by atoms with Gasteiger partial charge >= 0.3 is 0 Å². The Labute approximate surface area is 127 Å². The van der Waals surface area contributed by atoms with Gasteiger partial charge in [-0.05, 0) is 43.6 Å². The highest BCUT2D eigenvalue weighted by atomic mass is 32.1. The number of piperidine rings is 1. The Morgan fingerprint density at radius 2 is 1.95 bits per heavy atom. The van der Waals surface area contributed by atoms with Crippen molar-refractivity contribution in [3.63, 3.8) is 0 Å². The molecular weight excluding hydrogens is 266 g/mol. The zero-order valence-corrected chi connectivity index (χ0v) is 12.8. The quantitative estimate of drug-likeness (QED) is 0.846. The Morgan fingerprint density at radius 1 is 1.20 bits per heavy atom. The second-order valence-corrected chi connectivity index (χ2v) is 6.76. The van der Waals surface area contributed by atoms with E-state index in [1.54, 1.807) is 0 Å². The summed E-state index contributed by atoms with van der Waals surface area (Å²) in [6, 6.07) is 10.7. The van der Waals surface area contributed by atoms with Crippen LogP contribution in [0, 0.1) is 5.92 Å². The molecular formula is C17H23NOS. The summed E-state index contributed by atoms with van der Waals surface area (Å²) in [7, 11) is 0. The van der Waals surface area contributed by atoms with Gasteiger partial charge in [0.1, 0.15) is 0 Å². The second-order valence-electron chi connectivity index (χ2n) is 6.14. The molecule has 1 aromatic rings. The van der Waals surface area contributed by atoms with Crippen LogP contribution in [0.15, 0.2) is 30.3 Å². The maximum absolute atomic E-state index is 12.7. The lowest BCUT2D eigenvalue weighted by molar-refractivity contribution is -0.135. The molecule has 1 amide bonds. The number of nitrogens with zero attached hydrogens (tertiary/aromatic N) is 1. The maximum atomic E-state index is 12.7. The zero-order chi connectivity index (χ0) is 13.9. The van der Waals surface area contributed by atoms with E-state index >= 15 is 0 Å². The molecule has 1 aromatic carbocycles. The van der Waals surface area contributed by atoms with Crippen LogP contribution in [-0.4, -0.2) is 28.6 Å². The SMILES string of the molecule is O=C(C(S)Cc1ccccc1)N1CCCC2CCCC21. The summed E-state index contributed by atoms with van der Waals surface area (Å²) in [6.07, 6.45) is 7.00. The summed E-state index contributed by atoms with van der Waals surface area (Å²) < 4.78 is 0. The van der Waals surface area contributed by atoms with Gasteiger partial charge in [-0.1, -0.05) is 36.8 Å². The number of carbonyl (C=O) groups is 1. The molecule has 1 heterocycles. The van der Waals surface area contributed by atoms with Crippen molar-refractivity contribution in [3.8, 4) is 0 Å². The molecule has 1 saturated carbocycles. The number of amides is 1. The third kappa shape index (κ3) is 2.88. The van der Waals surface area contributed by atoms with Crippen LogP contribution in [-0.2, 0) is 11.2 Å². The Morgan fingerprint density at radius 3 is 2.75 bits per heavy atom. The standard InChI is InChI=1S/C17H23NOS/c19-17(16(20)12-13-6-2-1-3-7-13)18-11-5-9-14-8-4-10-15(14)18/h1-3,6-7,14-16,20H,4-5,8-12H2. The molecule has 0 radical (unpaired) electrons. The van der Waals surface area contributed by atoms with E-state index in [9.17, 15) is 4.79 Å². The molecule has 2 nitrogen and oxygen atoms in total. The second kappa shape index (κ2) is 6.21. The van der Waals surface area contributed by atoms with Gasteiger partial charge in [-0.15, -0.1) is 0 Å². The van der Waals surface area contributed by atoms with E-state index in [4.69, 9.17) is 0 Å². The average molecular weight is 289 g/mol. The summed E-state index contributed by atoms with van der Waals surface area (Å²) >= 11 is 4.58. The van der Waals surface area contributed by atoms with Crippen LogP contribution < -0.4 is 0 Å². The van der Waals surface area contributed by atoms with E-state index < -0.39 is 0 Å². The predicted octanol–water partition coefficient (Wildman–Crippen LogP) is 3.32. The highest BCUT2D eigenvalue weighted by Crippen LogP contribution is 2.37. The van der Waals surface area contributed by atoms with Crippen LogP contribution in [0.2, 0.25) is 0 Å². The first-order valence-electron chi connectivity index (χ1n) is 7.78. The number of hydrogen-bond acceptors (Lipinski definition) is 2. The van der Waals surface area contributed by atoms with Gasteiger partial charge in [0.25, 0.3) is 0 Å². The first-order valence-corrected chi connectivity index (χ1v) is 8.30. The molecule has 0 spiro atoms. The molecule has 1 aliphatic carbocycles. The van der Waals surface area contributed by atoms with Crippen LogP contribution in [0.4, 0.5) is 0 Å². The van der Waals surface area contributed by atoms with Crippen molar-refractivity contribution in [2.24, 2.45) is 5.92 Å². The number of hydrogen-bond donors (Lipinski definition) is 1. The van der Waals surface area contributed by atoms with Gasteiger partial charge in [-0.2, -0.15) is 12.6 Å². The smallest absolute Gasteiger partial charge is 0.236 e. The van der Waals surface area contributed by atoms with E-state index in [0.29, 0.717) is 6.04 Å². The lowest BCUT2D eigenvalue weighted by Crippen LogP contribution is -2.49. The highest BCUT2D eigenvalue weighted by molar-refractivity contribution is 7.81. The molecule has 1 aliphatic heterocycles. The van der Waals surface area contributed by atoms with Gasteiger partial charge in [-0.25, -0.2) is 0 Å². The van der Waals surface area contributed by atoms with Crippen molar-refractivity contribution in [2.75, 3.05) is 6.54 Å². The van der Waals surface area contributed by atoms with Crippen molar-refractivity contribution < 1.29 is 4.79 Å². The van der Waals surface area contributed by atoms with Gasteiger partial charge in [0, 0.05) is 12.6 Å². The van der Waals surface area contributed by atoms with Gasteiger partial charge in [0.15, 0.2) is 0 Å². The molecule has 20 heavy (non-hydrogen) atoms. The fraction of sp³-hybridized carbons (Fsp3) is 0.588. The van der Waals surface area contributed by atoms with Crippen LogP contribution in [0.5, 0.6) is 0 Å². The summed E-state index contributed by atoms with van der Waals surface area (Å²) in [4.78, 5) is 14.8. The molecule has 3 heteroatoms. The minimum absolute atomic E-state index is 0.197. The highest BCUT2D eigenvalue weighted by Gasteiger charge is 2.38. The number of benzene rings is 1. The molecule has 2 fully saturated rings. The van der Waals surface area contributed by atoms with E-state index in [0.717, 1.165) is 18.9 Å². The number of rotatable bonds is 3. The molecule has 3 unspecified atom stereocenters. The van der Waals surface area contributed by atoms with Crippen LogP contribution in [0.3, 0.4) is 0 Å². The van der Waals surface area contributed by atoms with Crippen molar-refractivity contribution in [1.29, 1.82) is 0 Å². The van der Waals surface area contributed by atoms with Crippen LogP contribution in [0.25, 0.3) is 0 Å². The summed E-state index contributed by atoms with van der Waals surface area (Å²) in [5, 5.41) is -0.197. The zero-order valence-electron chi connectivity index (χ0n) is 11.9. The Kier molecular flexibility index (Phi) is 4.35. The van der Waals surface area contributed by atoms with Gasteiger partial charge in [0.2, 0.25) is 5.91 Å². The normalized spacial score (nSPS) is 27.1. The summed E-state index contributed by atoms with van der Waals surface area (Å²) in [5.41, 5.74) is 1.20. The van der Waals surface area contributed by atoms with Gasteiger partial charge in [-0.3, -0.25) is 4.79 Å². The monoisotopic (exact) mass is 289 g/mol. The first kappa shape index (κ1) is 14.0.